The fourth-order valence-corrected chi connectivity index (χ4v) is 5.03. The van der Waals surface area contributed by atoms with Crippen molar-refractivity contribution in [3.63, 3.8) is 0 Å². The summed E-state index contributed by atoms with van der Waals surface area (Å²) < 4.78 is 5.49. The van der Waals surface area contributed by atoms with Crippen molar-refractivity contribution in [2.24, 2.45) is 11.8 Å². The zero-order valence-corrected chi connectivity index (χ0v) is 18.6. The molecule has 174 valence electrons. The van der Waals surface area contributed by atoms with Gasteiger partial charge in [0.1, 0.15) is 6.61 Å². The minimum absolute atomic E-state index is 0.00500. The molecule has 2 aliphatic carbocycles. The summed E-state index contributed by atoms with van der Waals surface area (Å²) in [6.45, 7) is 0.993. The van der Waals surface area contributed by atoms with Crippen molar-refractivity contribution in [3.05, 3.63) is 59.7 Å². The smallest absolute Gasteiger partial charge is 0.407 e. The van der Waals surface area contributed by atoms with Crippen LogP contribution in [0.25, 0.3) is 11.1 Å². The van der Waals surface area contributed by atoms with E-state index in [1.54, 1.807) is 0 Å². The third-order valence-electron chi connectivity index (χ3n) is 6.73. The third-order valence-corrected chi connectivity index (χ3v) is 6.73. The van der Waals surface area contributed by atoms with E-state index in [9.17, 15) is 19.5 Å². The molecule has 2 aliphatic rings. The Kier molecular flexibility index (Phi) is 7.27. The zero-order chi connectivity index (χ0) is 23.2. The molecule has 3 N–H and O–H groups in total. The van der Waals surface area contributed by atoms with Crippen LogP contribution >= 0.6 is 0 Å². The number of aliphatic carboxylic acids is 1. The number of amides is 2. The normalized spacial score (nSPS) is 18.9. The quantitative estimate of drug-likeness (QED) is 0.502. The maximum absolute atomic E-state index is 12.2. The second kappa shape index (κ2) is 10.5. The first-order chi connectivity index (χ1) is 16.0. The minimum atomic E-state index is -0.779. The number of carbonyl (C=O) groups is 3. The SMILES string of the molecule is O=C(CCCNC(=O)OCC1c2ccccc2-c2ccccc21)NC[C@@H]1CCC[C@@H]1C(=O)O. The number of fused-ring (bicyclic) bond motifs is 3. The van der Waals surface area contributed by atoms with Crippen LogP contribution < -0.4 is 10.6 Å². The number of benzene rings is 2. The molecular formula is C26H30N2O5. The van der Waals surface area contributed by atoms with Gasteiger partial charge in [0.05, 0.1) is 5.92 Å². The van der Waals surface area contributed by atoms with E-state index >= 15 is 0 Å². The molecular weight excluding hydrogens is 420 g/mol. The van der Waals surface area contributed by atoms with Gasteiger partial charge in [-0.1, -0.05) is 55.0 Å². The average molecular weight is 451 g/mol. The van der Waals surface area contributed by atoms with Crippen molar-refractivity contribution in [3.8, 4) is 11.1 Å². The molecule has 33 heavy (non-hydrogen) atoms. The minimum Gasteiger partial charge on any atom is -0.481 e. The fourth-order valence-electron chi connectivity index (χ4n) is 5.03. The van der Waals surface area contributed by atoms with Crippen LogP contribution in [0.3, 0.4) is 0 Å². The topological polar surface area (TPSA) is 105 Å². The largest absolute Gasteiger partial charge is 0.481 e. The van der Waals surface area contributed by atoms with Gasteiger partial charge in [-0.15, -0.1) is 0 Å². The summed E-state index contributed by atoms with van der Waals surface area (Å²) in [6, 6.07) is 16.4. The molecule has 4 rings (SSSR count). The van der Waals surface area contributed by atoms with Gasteiger partial charge < -0.3 is 20.5 Å². The summed E-state index contributed by atoms with van der Waals surface area (Å²) in [6.07, 6.45) is 2.67. The van der Waals surface area contributed by atoms with Crippen molar-refractivity contribution in [1.82, 2.24) is 10.6 Å². The second-order valence-corrected chi connectivity index (χ2v) is 8.80. The van der Waals surface area contributed by atoms with Gasteiger partial charge in [-0.25, -0.2) is 4.79 Å². The van der Waals surface area contributed by atoms with Gasteiger partial charge in [-0.3, -0.25) is 9.59 Å². The van der Waals surface area contributed by atoms with E-state index in [2.05, 4.69) is 34.9 Å². The number of nitrogens with one attached hydrogen (secondary N) is 2. The molecule has 0 heterocycles. The lowest BCUT2D eigenvalue weighted by atomic mass is 9.96. The first-order valence-electron chi connectivity index (χ1n) is 11.6. The van der Waals surface area contributed by atoms with Gasteiger partial charge in [0.15, 0.2) is 0 Å². The van der Waals surface area contributed by atoms with E-state index < -0.39 is 12.1 Å². The zero-order valence-electron chi connectivity index (χ0n) is 18.6. The van der Waals surface area contributed by atoms with Crippen molar-refractivity contribution in [2.45, 2.75) is 38.0 Å². The van der Waals surface area contributed by atoms with Gasteiger partial charge in [-0.05, 0) is 47.4 Å². The Morgan fingerprint density at radius 2 is 1.61 bits per heavy atom. The Hall–Kier alpha value is -3.35. The molecule has 0 bridgehead atoms. The standard InChI is InChI=1S/C26H30N2O5/c29-24(28-15-17-7-5-12-18(17)25(30)31)13-6-14-27-26(32)33-16-23-21-10-3-1-8-19(21)20-9-2-4-11-22(20)23/h1-4,8-11,17-18,23H,5-7,12-16H2,(H,27,32)(H,28,29)(H,30,31)/t17-,18-/m0/s1. The first-order valence-corrected chi connectivity index (χ1v) is 11.6. The Labute approximate surface area is 193 Å². The van der Waals surface area contributed by atoms with E-state index in [-0.39, 0.29) is 36.7 Å². The highest BCUT2D eigenvalue weighted by molar-refractivity contribution is 5.79. The Bertz CT molecular complexity index is 976. The van der Waals surface area contributed by atoms with Gasteiger partial charge in [0.25, 0.3) is 0 Å². The van der Waals surface area contributed by atoms with Crippen molar-refractivity contribution < 1.29 is 24.2 Å². The molecule has 2 aromatic rings. The lowest BCUT2D eigenvalue weighted by Crippen LogP contribution is -2.33. The lowest BCUT2D eigenvalue weighted by molar-refractivity contribution is -0.143. The summed E-state index contributed by atoms with van der Waals surface area (Å²) in [5, 5.41) is 14.8. The molecule has 2 amide bonds. The van der Waals surface area contributed by atoms with E-state index in [4.69, 9.17) is 4.74 Å². The summed E-state index contributed by atoms with van der Waals surface area (Å²) in [7, 11) is 0. The molecule has 1 saturated carbocycles. The number of carbonyl (C=O) groups excluding carboxylic acids is 2. The molecule has 0 spiro atoms. The van der Waals surface area contributed by atoms with Crippen LogP contribution in [-0.4, -0.2) is 42.8 Å². The molecule has 7 nitrogen and oxygen atoms in total. The molecule has 2 atom stereocenters. The number of carboxylic acids is 1. The number of hydrogen-bond acceptors (Lipinski definition) is 4. The summed E-state index contributed by atoms with van der Waals surface area (Å²) in [5.41, 5.74) is 4.69. The first kappa shape index (κ1) is 22.8. The summed E-state index contributed by atoms with van der Waals surface area (Å²) >= 11 is 0. The number of ether oxygens (including phenoxy) is 1. The van der Waals surface area contributed by atoms with Crippen LogP contribution in [0.4, 0.5) is 4.79 Å². The summed E-state index contributed by atoms with van der Waals surface area (Å²) in [5.74, 6) is -1.25. The number of carboxylic acid groups (broad SMARTS) is 1. The highest BCUT2D eigenvalue weighted by Crippen LogP contribution is 2.44. The molecule has 0 saturated heterocycles. The molecule has 2 aromatic carbocycles. The number of rotatable bonds is 9. The lowest BCUT2D eigenvalue weighted by Gasteiger charge is -2.16. The van der Waals surface area contributed by atoms with Crippen molar-refractivity contribution in [2.75, 3.05) is 19.7 Å². The molecule has 0 aliphatic heterocycles. The Balaban J connectivity index is 1.16. The molecule has 1 fully saturated rings. The van der Waals surface area contributed by atoms with Crippen LogP contribution in [0.2, 0.25) is 0 Å². The van der Waals surface area contributed by atoms with Crippen LogP contribution in [0.5, 0.6) is 0 Å². The van der Waals surface area contributed by atoms with Crippen LogP contribution in [-0.2, 0) is 14.3 Å². The highest BCUT2D eigenvalue weighted by atomic mass is 16.5. The summed E-state index contributed by atoms with van der Waals surface area (Å²) in [4.78, 5) is 35.5. The average Bonchev–Trinajstić information content (AvgIpc) is 3.42. The highest BCUT2D eigenvalue weighted by Gasteiger charge is 2.33. The van der Waals surface area contributed by atoms with Crippen molar-refractivity contribution >= 4 is 18.0 Å². The fraction of sp³-hybridized carbons (Fsp3) is 0.423. The maximum Gasteiger partial charge on any atom is 0.407 e. The van der Waals surface area contributed by atoms with Gasteiger partial charge in [-0.2, -0.15) is 0 Å². The van der Waals surface area contributed by atoms with Crippen LogP contribution in [0.15, 0.2) is 48.5 Å². The van der Waals surface area contributed by atoms with Crippen molar-refractivity contribution in [1.29, 1.82) is 0 Å². The molecule has 7 heteroatoms. The predicted octanol–water partition coefficient (Wildman–Crippen LogP) is 3.92. The molecule has 0 aromatic heterocycles. The monoisotopic (exact) mass is 450 g/mol. The van der Waals surface area contributed by atoms with E-state index in [1.165, 1.54) is 11.1 Å². The third kappa shape index (κ3) is 5.35. The van der Waals surface area contributed by atoms with E-state index in [0.717, 1.165) is 24.0 Å². The van der Waals surface area contributed by atoms with E-state index in [1.807, 2.05) is 24.3 Å². The Morgan fingerprint density at radius 3 is 2.27 bits per heavy atom. The van der Waals surface area contributed by atoms with Gasteiger partial charge >= 0.3 is 12.1 Å². The number of alkyl carbamates (subject to hydrolysis) is 1. The maximum atomic E-state index is 12.2. The Morgan fingerprint density at radius 1 is 0.939 bits per heavy atom. The second-order valence-electron chi connectivity index (χ2n) is 8.80. The molecule has 0 radical (unpaired) electrons. The van der Waals surface area contributed by atoms with Gasteiger partial charge in [0.2, 0.25) is 5.91 Å². The van der Waals surface area contributed by atoms with Crippen LogP contribution in [0.1, 0.15) is 49.1 Å². The predicted molar refractivity (Wildman–Crippen MR) is 124 cm³/mol. The van der Waals surface area contributed by atoms with E-state index in [0.29, 0.717) is 25.9 Å². The molecule has 0 unspecified atom stereocenters. The van der Waals surface area contributed by atoms with Gasteiger partial charge in [0, 0.05) is 25.4 Å². The van der Waals surface area contributed by atoms with Crippen LogP contribution in [0, 0.1) is 11.8 Å². The number of hydrogen-bond donors (Lipinski definition) is 3.